The van der Waals surface area contributed by atoms with Crippen LogP contribution in [-0.2, 0) is 28.5 Å². The lowest BCUT2D eigenvalue weighted by Crippen LogP contribution is -2.55. The highest BCUT2D eigenvalue weighted by Gasteiger charge is 2.49. The van der Waals surface area contributed by atoms with Crippen LogP contribution in [0.25, 0.3) is 33.6 Å². The van der Waals surface area contributed by atoms with E-state index in [9.17, 15) is 19.2 Å². The van der Waals surface area contributed by atoms with Crippen molar-refractivity contribution in [1.29, 1.82) is 0 Å². The van der Waals surface area contributed by atoms with E-state index in [1.807, 2.05) is 22.2 Å². The van der Waals surface area contributed by atoms with Crippen molar-refractivity contribution < 1.29 is 38.1 Å². The minimum Gasteiger partial charge on any atom is -0.453 e. The third kappa shape index (κ3) is 10.1. The summed E-state index contributed by atoms with van der Waals surface area (Å²) in [5, 5.41) is 5.87. The van der Waals surface area contributed by atoms with Gasteiger partial charge in [0.25, 0.3) is 0 Å². The second kappa shape index (κ2) is 20.2. The second-order valence-electron chi connectivity index (χ2n) is 21.2. The molecule has 2 aromatic heterocycles. The molecule has 2 saturated carbocycles. The first kappa shape index (κ1) is 47.9. The largest absolute Gasteiger partial charge is 0.453 e. The topological polar surface area (TPSA) is 193 Å². The molecule has 16 heteroatoms. The van der Waals surface area contributed by atoms with Crippen molar-refractivity contribution >= 4 is 24.0 Å². The maximum absolute atomic E-state index is 14.6. The van der Waals surface area contributed by atoms with Crippen LogP contribution in [0.4, 0.5) is 9.59 Å². The van der Waals surface area contributed by atoms with Gasteiger partial charge >= 0.3 is 12.2 Å². The number of alkyl carbamates (subject to hydrolysis) is 2. The molecule has 0 unspecified atom stereocenters. The predicted octanol–water partition coefficient (Wildman–Crippen LogP) is 8.87. The van der Waals surface area contributed by atoms with Crippen LogP contribution in [-0.4, -0.2) is 117 Å². The molecular formula is C54H70N8O8. The molecule has 0 radical (unpaired) electrons. The number of H-pyrrole nitrogens is 2. The number of likely N-dealkylation sites (tertiary alicyclic amines) is 2. The number of hydrogen-bond donors (Lipinski definition) is 4. The van der Waals surface area contributed by atoms with Crippen LogP contribution in [0.2, 0.25) is 0 Å². The zero-order valence-electron chi connectivity index (χ0n) is 41.4. The van der Waals surface area contributed by atoms with Crippen molar-refractivity contribution in [3.63, 3.8) is 0 Å². The van der Waals surface area contributed by atoms with Gasteiger partial charge in [-0.05, 0) is 151 Å². The second-order valence-corrected chi connectivity index (χ2v) is 21.2. The highest BCUT2D eigenvalue weighted by Crippen LogP contribution is 2.45. The van der Waals surface area contributed by atoms with E-state index in [0.717, 1.165) is 109 Å². The van der Waals surface area contributed by atoms with Gasteiger partial charge in [-0.15, -0.1) is 0 Å². The van der Waals surface area contributed by atoms with Gasteiger partial charge in [0.05, 0.1) is 74.5 Å². The molecule has 6 aliphatic rings. The fraction of sp³-hybridized carbons (Fsp3) is 0.593. The van der Waals surface area contributed by atoms with E-state index in [0.29, 0.717) is 24.7 Å². The summed E-state index contributed by atoms with van der Waals surface area (Å²) < 4.78 is 22.6. The maximum atomic E-state index is 14.6. The highest BCUT2D eigenvalue weighted by molar-refractivity contribution is 5.88. The van der Waals surface area contributed by atoms with Gasteiger partial charge in [-0.2, -0.15) is 0 Å². The summed E-state index contributed by atoms with van der Waals surface area (Å²) in [7, 11) is 2.67. The number of hydrogen-bond acceptors (Lipinski definition) is 10. The van der Waals surface area contributed by atoms with Gasteiger partial charge in [-0.25, -0.2) is 19.6 Å². The van der Waals surface area contributed by atoms with Gasteiger partial charge < -0.3 is 49.3 Å². The highest BCUT2D eigenvalue weighted by atomic mass is 16.5. The number of nitrogens with one attached hydrogen (secondary N) is 4. The average Bonchev–Trinajstić information content (AvgIpc) is 4.21. The third-order valence-electron chi connectivity index (χ3n) is 16.2. The Morgan fingerprint density at radius 3 is 1.29 bits per heavy atom. The number of rotatable bonds is 13. The van der Waals surface area contributed by atoms with Crippen LogP contribution in [0.15, 0.2) is 60.9 Å². The number of nitrogens with zero attached hydrogens (tertiary/aromatic N) is 4. The summed E-state index contributed by atoms with van der Waals surface area (Å²) in [5.74, 6) is 2.21. The molecule has 2 aromatic carbocycles. The van der Waals surface area contributed by atoms with Gasteiger partial charge in [0, 0.05) is 12.1 Å². The normalized spacial score (nSPS) is 29.9. The Balaban J connectivity index is 0.802. The van der Waals surface area contributed by atoms with Crippen LogP contribution >= 0.6 is 0 Å². The lowest BCUT2D eigenvalue weighted by molar-refractivity contribution is -0.142. The number of imidazole rings is 2. The molecule has 6 heterocycles. The van der Waals surface area contributed by atoms with E-state index in [-0.39, 0.29) is 72.2 Å². The Labute approximate surface area is 410 Å². The van der Waals surface area contributed by atoms with Gasteiger partial charge in [0.1, 0.15) is 23.7 Å². The van der Waals surface area contributed by atoms with Crippen molar-refractivity contribution in [1.82, 2.24) is 40.4 Å². The van der Waals surface area contributed by atoms with Crippen LogP contribution in [0.3, 0.4) is 0 Å². The fourth-order valence-corrected chi connectivity index (χ4v) is 12.2. The Bertz CT molecular complexity index is 2330. The van der Waals surface area contributed by atoms with E-state index in [4.69, 9.17) is 28.9 Å². The number of methoxy groups -OCH3 is 2. The Morgan fingerprint density at radius 1 is 0.557 bits per heavy atom. The van der Waals surface area contributed by atoms with Crippen molar-refractivity contribution in [2.75, 3.05) is 14.2 Å². The summed E-state index contributed by atoms with van der Waals surface area (Å²) >= 11 is 0. The summed E-state index contributed by atoms with van der Waals surface area (Å²) in [6, 6.07) is 14.7. The van der Waals surface area contributed by atoms with Crippen molar-refractivity contribution in [3.05, 3.63) is 72.6 Å². The Hall–Kier alpha value is -5.74. The molecule has 374 valence electrons. The monoisotopic (exact) mass is 959 g/mol. The first-order chi connectivity index (χ1) is 33.8. The van der Waals surface area contributed by atoms with E-state index in [1.165, 1.54) is 14.2 Å². The van der Waals surface area contributed by atoms with Crippen LogP contribution in [0.5, 0.6) is 0 Å². The molecule has 0 bridgehead atoms. The van der Waals surface area contributed by atoms with Gasteiger partial charge in [0.15, 0.2) is 0 Å². The lowest BCUT2D eigenvalue weighted by Gasteiger charge is -2.40. The number of carbonyl (C=O) groups is 4. The van der Waals surface area contributed by atoms with E-state index >= 15 is 0 Å². The van der Waals surface area contributed by atoms with E-state index in [2.05, 4.69) is 96.8 Å². The molecular weight excluding hydrogens is 889 g/mol. The summed E-state index contributed by atoms with van der Waals surface area (Å²) in [6.45, 7) is 8.27. The molecule has 4 amide bonds. The van der Waals surface area contributed by atoms with Crippen LogP contribution in [0.1, 0.15) is 128 Å². The number of aromatic amines is 2. The summed E-state index contributed by atoms with van der Waals surface area (Å²) in [6.07, 6.45) is 13.3. The molecule has 4 aromatic rings. The number of ether oxygens (including phenoxy) is 4. The predicted molar refractivity (Wildman–Crippen MR) is 262 cm³/mol. The Morgan fingerprint density at radius 2 is 0.929 bits per heavy atom. The van der Waals surface area contributed by atoms with Crippen molar-refractivity contribution in [2.45, 2.75) is 165 Å². The van der Waals surface area contributed by atoms with Crippen LogP contribution < -0.4 is 10.6 Å². The molecule has 70 heavy (non-hydrogen) atoms. The quantitative estimate of drug-likeness (QED) is 0.101. The smallest absolute Gasteiger partial charge is 0.407 e. The molecule has 2 aliphatic carbocycles. The van der Waals surface area contributed by atoms with Gasteiger partial charge in [0.2, 0.25) is 11.8 Å². The zero-order valence-corrected chi connectivity index (χ0v) is 41.4. The fourth-order valence-electron chi connectivity index (χ4n) is 12.2. The minimum atomic E-state index is -0.719. The molecule has 4 saturated heterocycles. The molecule has 10 rings (SSSR count). The van der Waals surface area contributed by atoms with Crippen molar-refractivity contribution in [3.8, 4) is 33.6 Å². The van der Waals surface area contributed by atoms with Crippen molar-refractivity contribution in [2.24, 2.45) is 23.7 Å². The number of aromatic nitrogens is 4. The number of benzene rings is 2. The number of amides is 4. The molecule has 12 atom stereocenters. The maximum Gasteiger partial charge on any atom is 0.407 e. The molecule has 16 nitrogen and oxygen atoms in total. The molecule has 0 spiro atoms. The SMILES string of the molecule is COC(=O)N[C@H](C(=O)N1[C@@H](C)CC[C@H]1c1ncc(-c2ccc(-c3ccc(-c4cnc([C@@H]5CC[C@H](C)N5C(=O)[C@@H](NC(=O)OC)[C@@H]5C[C@@H](C)O[C@H](C6CC6)C5)[nH]4)cc3)cc2)[nH]1)[C@@H]1C[C@@H](C)O[C@H](C2CC2)C1. The van der Waals surface area contributed by atoms with E-state index in [1.54, 1.807) is 0 Å². The number of carbonyl (C=O) groups excluding carboxylic acids is 4. The standard InChI is InChI=1S/C54H70N8O8/c1-29-7-21-43(61(29)51(63)47(59-53(65)67-5)39-23-31(3)69-45(25-39)37-17-18-37)49-55-27-41(57-49)35-13-9-33(10-14-35)34-11-15-36(16-12-34)42-28-56-50(58-42)44-22-8-30(2)62(44)52(64)48(60-54(66)68-6)40-24-32(4)70-46(26-40)38-19-20-38/h9-16,27-32,37-40,43-48H,7-8,17-26H2,1-6H3,(H,55,57)(H,56,58)(H,59,65)(H,60,66)/t29-,30-,31+,32+,39+,40+,43-,44-,45-,46-,47-,48-/m0/s1. The van der Waals surface area contributed by atoms with Gasteiger partial charge in [-0.3, -0.25) is 9.59 Å². The Kier molecular flexibility index (Phi) is 13.8. The van der Waals surface area contributed by atoms with Gasteiger partial charge in [-0.1, -0.05) is 48.5 Å². The summed E-state index contributed by atoms with van der Waals surface area (Å²) in [5.41, 5.74) is 5.80. The molecule has 4 aliphatic heterocycles. The summed E-state index contributed by atoms with van der Waals surface area (Å²) in [4.78, 5) is 75.2. The first-order valence-corrected chi connectivity index (χ1v) is 25.8. The third-order valence-corrected chi connectivity index (χ3v) is 16.2. The zero-order chi connectivity index (χ0) is 48.8. The molecule has 4 N–H and O–H groups in total. The van der Waals surface area contributed by atoms with Crippen LogP contribution in [0, 0.1) is 23.7 Å². The van der Waals surface area contributed by atoms with E-state index < -0.39 is 24.3 Å². The first-order valence-electron chi connectivity index (χ1n) is 25.8. The minimum absolute atomic E-state index is 0.00459. The average molecular weight is 959 g/mol. The molecule has 6 fully saturated rings. The lowest BCUT2D eigenvalue weighted by atomic mass is 9.83.